The minimum Gasteiger partial charge on any atom is -0.454 e. The largest absolute Gasteiger partial charge is 0.454 e. The molecule has 11 nitrogen and oxygen atoms in total. The number of hydrogen-bond donors (Lipinski definition) is 6. The van der Waals surface area contributed by atoms with E-state index in [2.05, 4.69) is 148 Å². The molecule has 90 heavy (non-hydrogen) atoms. The van der Waals surface area contributed by atoms with Crippen molar-refractivity contribution in [3.63, 3.8) is 0 Å². The summed E-state index contributed by atoms with van der Waals surface area (Å²) in [5.41, 5.74) is 0. The standard InChI is InChI=1S/C79H133NO10/c1-4-7-10-13-16-19-22-25-27-29-31-33-35-36-37-39-40-42-44-46-48-51-54-57-60-63-66-72(83)78(87)80-70(71(82)65-62-59-56-53-50-24-21-18-15-12-9-6-3)69-88-79-77(76(86)75(85)73(68-81)89-79)90-74(84)67-64-61-58-55-52-49-47-45-43-41-38-34-32-30-28-26-23-20-17-14-11-8-5-2/h8,11,16-17,19-20,25-28,31-34,36-37,41,43,47,49,62,65,70-73,75-77,79,81-83,85-86H,4-7,9-10,12-15,18,21-24,29-30,35,38-40,42,44-46,48,50-61,63-64,66-69H2,1-3H3,(H,80,87)/b11-8-,19-16-,20-17-,27-25-,28-26-,33-31-,34-32-,37-36-,43-41-,49-47-,65-62+. The maximum Gasteiger partial charge on any atom is 0.306 e. The van der Waals surface area contributed by atoms with Gasteiger partial charge in [0.2, 0.25) is 5.91 Å². The molecule has 514 valence electrons. The lowest BCUT2D eigenvalue weighted by Gasteiger charge is -2.41. The number of hydrogen-bond acceptors (Lipinski definition) is 10. The molecule has 1 saturated heterocycles. The summed E-state index contributed by atoms with van der Waals surface area (Å²) < 4.78 is 17.7. The van der Waals surface area contributed by atoms with Crippen LogP contribution in [0.25, 0.3) is 0 Å². The number of unbranched alkanes of at least 4 members (excludes halogenated alkanes) is 27. The van der Waals surface area contributed by atoms with E-state index in [1.807, 2.05) is 6.08 Å². The highest BCUT2D eigenvalue weighted by Gasteiger charge is 2.47. The van der Waals surface area contributed by atoms with Crippen LogP contribution in [0.1, 0.15) is 290 Å². The molecule has 1 rings (SSSR count). The van der Waals surface area contributed by atoms with Crippen molar-refractivity contribution in [3.8, 4) is 0 Å². The fraction of sp³-hybridized carbons (Fsp3) is 0.696. The molecule has 11 heteroatoms. The molecule has 1 heterocycles. The van der Waals surface area contributed by atoms with Gasteiger partial charge in [-0.05, 0) is 122 Å². The monoisotopic (exact) mass is 1260 g/mol. The molecule has 0 spiro atoms. The lowest BCUT2D eigenvalue weighted by molar-refractivity contribution is -0.305. The van der Waals surface area contributed by atoms with Crippen molar-refractivity contribution in [2.24, 2.45) is 0 Å². The number of aliphatic hydroxyl groups excluding tert-OH is 5. The molecule has 0 bridgehead atoms. The summed E-state index contributed by atoms with van der Waals surface area (Å²) in [5, 5.41) is 57.3. The van der Waals surface area contributed by atoms with E-state index in [9.17, 15) is 35.1 Å². The van der Waals surface area contributed by atoms with Crippen LogP contribution in [0.2, 0.25) is 0 Å². The van der Waals surface area contributed by atoms with Gasteiger partial charge in [-0.25, -0.2) is 0 Å². The number of ether oxygens (including phenoxy) is 3. The molecule has 1 aliphatic rings. The van der Waals surface area contributed by atoms with E-state index in [0.29, 0.717) is 12.8 Å². The maximum absolute atomic E-state index is 13.5. The van der Waals surface area contributed by atoms with Gasteiger partial charge in [0, 0.05) is 6.42 Å². The lowest BCUT2D eigenvalue weighted by atomic mass is 9.99. The average Bonchev–Trinajstić information content (AvgIpc) is 3.11. The first-order valence-electron chi connectivity index (χ1n) is 36.5. The van der Waals surface area contributed by atoms with Crippen molar-refractivity contribution in [3.05, 3.63) is 134 Å². The normalized spacial score (nSPS) is 18.9. The highest BCUT2D eigenvalue weighted by Crippen LogP contribution is 2.26. The molecule has 1 fully saturated rings. The van der Waals surface area contributed by atoms with Gasteiger partial charge in [-0.3, -0.25) is 9.59 Å². The lowest BCUT2D eigenvalue weighted by Crippen LogP contribution is -2.61. The highest BCUT2D eigenvalue weighted by atomic mass is 16.7. The molecule has 0 aromatic carbocycles. The summed E-state index contributed by atoms with van der Waals surface area (Å²) in [6.45, 7) is 5.65. The van der Waals surface area contributed by atoms with E-state index in [1.165, 1.54) is 109 Å². The number of aliphatic hydroxyl groups is 5. The molecule has 8 atom stereocenters. The zero-order chi connectivity index (χ0) is 65.3. The second-order valence-corrected chi connectivity index (χ2v) is 24.6. The van der Waals surface area contributed by atoms with Crippen LogP contribution in [0.5, 0.6) is 0 Å². The van der Waals surface area contributed by atoms with Crippen LogP contribution in [-0.2, 0) is 23.8 Å². The zero-order valence-electron chi connectivity index (χ0n) is 57.2. The summed E-state index contributed by atoms with van der Waals surface area (Å²) in [6, 6.07) is -1.04. The Morgan fingerprint density at radius 3 is 1.22 bits per heavy atom. The Balaban J connectivity index is 2.59. The Labute approximate surface area is 550 Å². The molecule has 8 unspecified atom stereocenters. The van der Waals surface area contributed by atoms with Gasteiger partial charge in [0.25, 0.3) is 0 Å². The molecular formula is C79H133NO10. The molecule has 0 saturated carbocycles. The van der Waals surface area contributed by atoms with Crippen molar-refractivity contribution >= 4 is 11.9 Å². The first-order chi connectivity index (χ1) is 44.2. The Hall–Kier alpha value is -4.20. The smallest absolute Gasteiger partial charge is 0.306 e. The minimum absolute atomic E-state index is 0.0865. The van der Waals surface area contributed by atoms with E-state index in [-0.39, 0.29) is 19.4 Å². The number of carbonyl (C=O) groups excluding carboxylic acids is 2. The third-order valence-corrected chi connectivity index (χ3v) is 16.3. The first-order valence-corrected chi connectivity index (χ1v) is 36.5. The van der Waals surface area contributed by atoms with Gasteiger partial charge in [-0.2, -0.15) is 0 Å². The number of carbonyl (C=O) groups is 2. The van der Waals surface area contributed by atoms with Crippen LogP contribution in [0.4, 0.5) is 0 Å². The Morgan fingerprint density at radius 1 is 0.444 bits per heavy atom. The van der Waals surface area contributed by atoms with Crippen LogP contribution in [0.3, 0.4) is 0 Å². The van der Waals surface area contributed by atoms with Crippen LogP contribution in [0.15, 0.2) is 134 Å². The van der Waals surface area contributed by atoms with Gasteiger partial charge in [0.05, 0.1) is 25.4 Å². The van der Waals surface area contributed by atoms with E-state index >= 15 is 0 Å². The SMILES string of the molecule is CC/C=C\C/C=C\C/C=C\C/C=C\C/C=C\C/C=C\CCCCCCC(=O)OC1C(OCC(NC(=O)C(O)CCCCCCCCCCCC/C=C\C/C=C\C/C=C\C/C=C\CCCCC)C(O)/C=C/CCCCCCCCCCCC)OC(CO)C(O)C1O. The van der Waals surface area contributed by atoms with Crippen LogP contribution in [0, 0.1) is 0 Å². The van der Waals surface area contributed by atoms with Gasteiger partial charge < -0.3 is 45.1 Å². The van der Waals surface area contributed by atoms with Crippen molar-refractivity contribution in [2.75, 3.05) is 13.2 Å². The molecular weight excluding hydrogens is 1120 g/mol. The molecule has 0 aliphatic carbocycles. The van der Waals surface area contributed by atoms with E-state index in [1.54, 1.807) is 6.08 Å². The summed E-state index contributed by atoms with van der Waals surface area (Å²) in [4.78, 5) is 26.7. The zero-order valence-corrected chi connectivity index (χ0v) is 57.2. The fourth-order valence-corrected chi connectivity index (χ4v) is 10.6. The molecule has 1 aliphatic heterocycles. The maximum atomic E-state index is 13.5. The average molecular weight is 1260 g/mol. The number of rotatable bonds is 61. The number of nitrogens with one attached hydrogen (secondary N) is 1. The van der Waals surface area contributed by atoms with E-state index in [4.69, 9.17) is 14.2 Å². The summed E-state index contributed by atoms with van der Waals surface area (Å²) >= 11 is 0. The topological polar surface area (TPSA) is 175 Å². The molecule has 0 radical (unpaired) electrons. The van der Waals surface area contributed by atoms with E-state index in [0.717, 1.165) is 135 Å². The second kappa shape index (κ2) is 64.9. The van der Waals surface area contributed by atoms with Crippen molar-refractivity contribution in [2.45, 2.75) is 339 Å². The summed E-state index contributed by atoms with van der Waals surface area (Å²) in [5.74, 6) is -1.23. The van der Waals surface area contributed by atoms with E-state index < -0.39 is 67.4 Å². The third kappa shape index (κ3) is 51.3. The Morgan fingerprint density at radius 2 is 0.800 bits per heavy atom. The van der Waals surface area contributed by atoms with Gasteiger partial charge in [0.15, 0.2) is 12.4 Å². The Kier molecular flexibility index (Phi) is 60.4. The summed E-state index contributed by atoms with van der Waals surface area (Å²) in [7, 11) is 0. The predicted molar refractivity (Wildman–Crippen MR) is 379 cm³/mol. The minimum atomic E-state index is -1.64. The Bertz CT molecular complexity index is 1980. The molecule has 0 aromatic heterocycles. The molecule has 1 amide bonds. The fourth-order valence-electron chi connectivity index (χ4n) is 10.6. The van der Waals surface area contributed by atoms with Crippen LogP contribution < -0.4 is 5.32 Å². The number of amides is 1. The number of allylic oxidation sites excluding steroid dienone is 21. The molecule has 6 N–H and O–H groups in total. The van der Waals surface area contributed by atoms with Gasteiger partial charge in [-0.1, -0.05) is 296 Å². The van der Waals surface area contributed by atoms with Gasteiger partial charge in [0.1, 0.15) is 24.4 Å². The second-order valence-electron chi connectivity index (χ2n) is 24.6. The van der Waals surface area contributed by atoms with Crippen LogP contribution in [-0.4, -0.2) is 99.6 Å². The first kappa shape index (κ1) is 83.8. The van der Waals surface area contributed by atoms with Gasteiger partial charge in [-0.15, -0.1) is 0 Å². The summed E-state index contributed by atoms with van der Waals surface area (Å²) in [6.07, 6.45) is 82.0. The number of esters is 1. The van der Waals surface area contributed by atoms with Gasteiger partial charge >= 0.3 is 5.97 Å². The van der Waals surface area contributed by atoms with Crippen molar-refractivity contribution < 1.29 is 49.3 Å². The quantitative estimate of drug-likeness (QED) is 0.0195. The highest BCUT2D eigenvalue weighted by molar-refractivity contribution is 5.80. The van der Waals surface area contributed by atoms with Crippen molar-refractivity contribution in [1.29, 1.82) is 0 Å². The predicted octanol–water partition coefficient (Wildman–Crippen LogP) is 19.1. The van der Waals surface area contributed by atoms with Crippen molar-refractivity contribution in [1.82, 2.24) is 5.32 Å². The molecule has 0 aromatic rings. The van der Waals surface area contributed by atoms with Crippen LogP contribution >= 0.6 is 0 Å². The third-order valence-electron chi connectivity index (χ3n) is 16.3.